The van der Waals surface area contributed by atoms with E-state index in [1.165, 1.54) is 0 Å². The maximum atomic E-state index is 14.7. The molecule has 6 heterocycles. The van der Waals surface area contributed by atoms with Gasteiger partial charge in [-0.3, -0.25) is 9.59 Å². The minimum atomic E-state index is -2.06. The van der Waals surface area contributed by atoms with Gasteiger partial charge in [0.05, 0.1) is 45.2 Å². The molecule has 75 heavy (non-hydrogen) atoms. The van der Waals surface area contributed by atoms with Crippen LogP contribution >= 0.6 is 0 Å². The fourth-order valence-electron chi connectivity index (χ4n) is 15.5. The molecule has 1 spiro atoms. The summed E-state index contributed by atoms with van der Waals surface area (Å²) in [6.45, 7) is 5.68. The highest BCUT2D eigenvalue weighted by atomic mass is 16.8. The second-order valence-corrected chi connectivity index (χ2v) is 23.9. The van der Waals surface area contributed by atoms with E-state index in [4.69, 9.17) is 47.4 Å². The molecule has 0 aromatic carbocycles. The summed E-state index contributed by atoms with van der Waals surface area (Å²) < 4.78 is 60.0. The van der Waals surface area contributed by atoms with Crippen LogP contribution in [0.3, 0.4) is 0 Å². The Morgan fingerprint density at radius 2 is 1.19 bits per heavy atom. The van der Waals surface area contributed by atoms with Gasteiger partial charge in [0.2, 0.25) is 0 Å². The van der Waals surface area contributed by atoms with Crippen LogP contribution in [0.5, 0.6) is 0 Å². The fourth-order valence-corrected chi connectivity index (χ4v) is 15.5. The van der Waals surface area contributed by atoms with E-state index in [1.54, 1.807) is 0 Å². The molecule has 6 aliphatic heterocycles. The molecule has 0 aromatic heterocycles. The van der Waals surface area contributed by atoms with E-state index in [2.05, 4.69) is 20.8 Å². The third kappa shape index (κ3) is 9.40. The van der Waals surface area contributed by atoms with Crippen molar-refractivity contribution in [2.75, 3.05) is 33.0 Å². The molecule has 10 fully saturated rings. The number of carbonyl (C=O) groups is 2. The summed E-state index contributed by atoms with van der Waals surface area (Å²) in [5.41, 5.74) is -1.50. The average molecular weight is 1080 g/mol. The molecular weight excluding hydrogens is 1000 g/mol. The Morgan fingerprint density at radius 3 is 1.85 bits per heavy atom. The molecule has 6 saturated heterocycles. The predicted molar refractivity (Wildman–Crippen MR) is 244 cm³/mol. The normalized spacial score (nSPS) is 57.1. The smallest absolute Gasteiger partial charge is 0.187 e. The Hall–Kier alpha value is -1.58. The lowest BCUT2D eigenvalue weighted by Crippen LogP contribution is -2.68. The van der Waals surface area contributed by atoms with Crippen LogP contribution in [0.25, 0.3) is 0 Å². The molecule has 428 valence electrons. The lowest BCUT2D eigenvalue weighted by molar-refractivity contribution is -0.400. The van der Waals surface area contributed by atoms with Gasteiger partial charge in [-0.25, -0.2) is 0 Å². The second-order valence-electron chi connectivity index (χ2n) is 23.9. The largest absolute Gasteiger partial charge is 0.394 e. The van der Waals surface area contributed by atoms with Crippen molar-refractivity contribution in [3.05, 3.63) is 0 Å². The molecule has 10 aliphatic rings. The number of rotatable bonds is 11. The van der Waals surface area contributed by atoms with Crippen molar-refractivity contribution in [1.29, 1.82) is 0 Å². The molecular formula is C50H78O25. The summed E-state index contributed by atoms with van der Waals surface area (Å²) in [6.07, 6.45) is -34.1. The van der Waals surface area contributed by atoms with E-state index in [-0.39, 0.29) is 66.5 Å². The van der Waals surface area contributed by atoms with E-state index in [9.17, 15) is 76.0 Å². The molecule has 32 atom stereocenters. The quantitative estimate of drug-likeness (QED) is 0.0862. The summed E-state index contributed by atoms with van der Waals surface area (Å²) >= 11 is 0. The minimum absolute atomic E-state index is 0.00898. The maximum Gasteiger partial charge on any atom is 0.187 e. The van der Waals surface area contributed by atoms with Crippen LogP contribution < -0.4 is 0 Å². The van der Waals surface area contributed by atoms with Gasteiger partial charge < -0.3 is 114 Å². The van der Waals surface area contributed by atoms with Gasteiger partial charge in [-0.15, -0.1) is 0 Å². The number of aliphatic hydroxyl groups is 13. The van der Waals surface area contributed by atoms with Crippen molar-refractivity contribution >= 4 is 11.6 Å². The first-order valence-electron chi connectivity index (χ1n) is 26.7. The van der Waals surface area contributed by atoms with E-state index in [1.807, 2.05) is 6.92 Å². The molecule has 13 N–H and O–H groups in total. The molecule has 10 rings (SSSR count). The van der Waals surface area contributed by atoms with Gasteiger partial charge in [-0.1, -0.05) is 27.7 Å². The van der Waals surface area contributed by atoms with Crippen LogP contribution in [0.4, 0.5) is 0 Å². The topological polar surface area (TPSA) is 389 Å². The van der Waals surface area contributed by atoms with E-state index in [0.717, 1.165) is 12.8 Å². The zero-order chi connectivity index (χ0) is 54.0. The second kappa shape index (κ2) is 21.4. The molecule has 4 aliphatic carbocycles. The number of aliphatic hydroxyl groups excluding tert-OH is 13. The standard InChI is InChI=1S/C50H78O25/c1-17-5-6-50(67-15-17)18(2)32-27(75-50)8-21-19-7-23(54)22-9-26(24(55)11-48(22,3)20(19)10-31(57)49(21,32)4)68-45-39(64)36(61)41(29(13-52)70-45)73-47-43(74-46-38(63)35(60)34(59)28(12-51)69-46)40(65)42(30(14-53)71-47)72-44-37(62)33(58)25(56)16-66-44/h17-23,25-30,32-47,51-54,56,58-65H,5-16H2,1-4H3/t17-,18+,19-,20+,21+,22-,23-,25-,26-,27+,28-,29-,30-,32+,33+,34-,35+,36-,37-,38-,39-,40+,41+,42-,43-,44+,45-,46+,47+,48-,49-,50-/m1/s1. The molecule has 4 saturated carbocycles. The van der Waals surface area contributed by atoms with E-state index >= 15 is 0 Å². The Labute approximate surface area is 432 Å². The van der Waals surface area contributed by atoms with Gasteiger partial charge in [0.15, 0.2) is 36.7 Å². The maximum absolute atomic E-state index is 14.7. The molecule has 0 unspecified atom stereocenters. The van der Waals surface area contributed by atoms with Crippen LogP contribution in [-0.2, 0) is 57.0 Å². The molecule has 0 amide bonds. The number of ether oxygens (including phenoxy) is 10. The number of hydrogen-bond donors (Lipinski definition) is 13. The van der Waals surface area contributed by atoms with Gasteiger partial charge >= 0.3 is 0 Å². The highest BCUT2D eigenvalue weighted by Gasteiger charge is 2.73. The van der Waals surface area contributed by atoms with Crippen LogP contribution in [0.1, 0.15) is 72.6 Å². The first-order valence-corrected chi connectivity index (χ1v) is 26.7. The zero-order valence-electron chi connectivity index (χ0n) is 42.4. The van der Waals surface area contributed by atoms with Crippen LogP contribution in [-0.4, -0.2) is 252 Å². The van der Waals surface area contributed by atoms with Crippen LogP contribution in [0.15, 0.2) is 0 Å². The van der Waals surface area contributed by atoms with Gasteiger partial charge in [-0.05, 0) is 60.7 Å². The van der Waals surface area contributed by atoms with Crippen molar-refractivity contribution in [2.45, 2.75) is 213 Å². The average Bonchev–Trinajstić information content (AvgIpc) is 3.84. The number of ketones is 2. The van der Waals surface area contributed by atoms with Crippen LogP contribution in [0.2, 0.25) is 0 Å². The molecule has 25 nitrogen and oxygen atoms in total. The minimum Gasteiger partial charge on any atom is -0.394 e. The summed E-state index contributed by atoms with van der Waals surface area (Å²) in [5, 5.41) is 141. The third-order valence-electron chi connectivity index (χ3n) is 19.7. The van der Waals surface area contributed by atoms with Crippen molar-refractivity contribution in [3.63, 3.8) is 0 Å². The summed E-state index contributed by atoms with van der Waals surface area (Å²) in [7, 11) is 0. The van der Waals surface area contributed by atoms with Crippen LogP contribution in [0, 0.1) is 52.3 Å². The first kappa shape index (κ1) is 56.7. The summed E-state index contributed by atoms with van der Waals surface area (Å²) in [6, 6.07) is 0. The zero-order valence-corrected chi connectivity index (χ0v) is 42.4. The number of fused-ring (bicyclic) bond motifs is 7. The predicted octanol–water partition coefficient (Wildman–Crippen LogP) is -4.94. The number of hydrogen-bond acceptors (Lipinski definition) is 25. The Morgan fingerprint density at radius 1 is 0.587 bits per heavy atom. The lowest BCUT2D eigenvalue weighted by Gasteiger charge is -2.61. The van der Waals surface area contributed by atoms with Gasteiger partial charge in [0.1, 0.15) is 103 Å². The van der Waals surface area contributed by atoms with Gasteiger partial charge in [-0.2, -0.15) is 0 Å². The van der Waals surface area contributed by atoms with E-state index < -0.39 is 178 Å². The molecule has 0 bridgehead atoms. The Kier molecular flexibility index (Phi) is 16.2. The monoisotopic (exact) mass is 1080 g/mol. The molecule has 0 radical (unpaired) electrons. The van der Waals surface area contributed by atoms with Crippen molar-refractivity contribution in [1.82, 2.24) is 0 Å². The fraction of sp³-hybridized carbons (Fsp3) is 0.960. The summed E-state index contributed by atoms with van der Waals surface area (Å²) in [5.74, 6) is -1.47. The van der Waals surface area contributed by atoms with Gasteiger partial charge in [0, 0.05) is 36.5 Å². The first-order chi connectivity index (χ1) is 35.5. The van der Waals surface area contributed by atoms with E-state index in [0.29, 0.717) is 25.4 Å². The number of carbonyl (C=O) groups excluding carboxylic acids is 2. The van der Waals surface area contributed by atoms with Crippen molar-refractivity contribution < 1.29 is 123 Å². The lowest BCUT2D eigenvalue weighted by atomic mass is 9.43. The highest BCUT2D eigenvalue weighted by Crippen LogP contribution is 2.70. The van der Waals surface area contributed by atoms with Crippen molar-refractivity contribution in [3.8, 4) is 0 Å². The summed E-state index contributed by atoms with van der Waals surface area (Å²) in [4.78, 5) is 29.0. The molecule has 25 heteroatoms. The number of Topliss-reactive ketones (excluding diaryl/α,β-unsaturated/α-hetero) is 2. The SMILES string of the molecule is C[C@@H]1CC[C@@]2(OC1)O[C@H]1C[C@H]3[C@@H]4C[C@@H](O)[C@H]5C[C@@H](O[C@@H]6O[C@H](CO)[C@H](O[C@@H]7O[C@H](CO)[C@@H](O[C@@H]8OC[C@@H](O)[C@H](O)[C@H]8O)[C@H](O)[C@H]7O[C@@H]7O[C@H](CO)[C@@H](O)[C@H](O)[C@H]7O)[C@H](O)[C@H]6O)C(=O)C[C@]5(C)[C@H]4CC(=O)[C@]3(C)[C@H]1[C@@H]2C. The highest BCUT2D eigenvalue weighted by molar-refractivity contribution is 5.88. The molecule has 0 aromatic rings. The Balaban J connectivity index is 0.830. The Bertz CT molecular complexity index is 2030. The third-order valence-corrected chi connectivity index (χ3v) is 19.7. The van der Waals surface area contributed by atoms with Gasteiger partial charge in [0.25, 0.3) is 0 Å². The van der Waals surface area contributed by atoms with Crippen molar-refractivity contribution in [2.24, 2.45) is 52.3 Å².